The van der Waals surface area contributed by atoms with E-state index >= 15 is 0 Å². The highest BCUT2D eigenvalue weighted by Gasteiger charge is 2.24. The highest BCUT2D eigenvalue weighted by atomic mass is 16.4. The van der Waals surface area contributed by atoms with E-state index in [0.717, 1.165) is 12.2 Å². The van der Waals surface area contributed by atoms with Crippen molar-refractivity contribution in [3.8, 4) is 0 Å². The van der Waals surface area contributed by atoms with E-state index < -0.39 is 17.7 Å². The fourth-order valence-electron chi connectivity index (χ4n) is 0.777. The molecule has 11 heavy (non-hydrogen) atoms. The van der Waals surface area contributed by atoms with Crippen molar-refractivity contribution in [2.75, 3.05) is 0 Å². The van der Waals surface area contributed by atoms with Crippen LogP contribution in [0.15, 0.2) is 24.0 Å². The fraction of sp³-hybridized carbons (Fsp3) is 0.143. The summed E-state index contributed by atoms with van der Waals surface area (Å²) < 4.78 is 0. The van der Waals surface area contributed by atoms with Crippen LogP contribution in [0.1, 0.15) is 0 Å². The van der Waals surface area contributed by atoms with E-state index in [2.05, 4.69) is 0 Å². The molecule has 0 fully saturated rings. The Morgan fingerprint density at radius 2 is 2.18 bits per heavy atom. The Kier molecular flexibility index (Phi) is 1.76. The molecule has 0 bridgehead atoms. The molecule has 0 aromatic carbocycles. The van der Waals surface area contributed by atoms with Gasteiger partial charge in [-0.1, -0.05) is 6.08 Å². The van der Waals surface area contributed by atoms with Crippen LogP contribution < -0.4 is 0 Å². The maximum Gasteiger partial charge on any atom is 0.318 e. The van der Waals surface area contributed by atoms with E-state index in [9.17, 15) is 9.59 Å². The Labute approximate surface area is 62.5 Å². The minimum atomic E-state index is -1.20. The van der Waals surface area contributed by atoms with Crippen molar-refractivity contribution >= 4 is 11.8 Å². The fourth-order valence-corrected chi connectivity index (χ4v) is 0.777. The van der Waals surface area contributed by atoms with Gasteiger partial charge in [0.25, 0.3) is 0 Å². The zero-order valence-corrected chi connectivity index (χ0v) is 5.52. The summed E-state index contributed by atoms with van der Waals surface area (Å²) in [6, 6.07) is 0. The lowest BCUT2D eigenvalue weighted by Crippen LogP contribution is -2.22. The van der Waals surface area contributed by atoms with Crippen LogP contribution in [0, 0.1) is 5.92 Å². The summed E-state index contributed by atoms with van der Waals surface area (Å²) in [6.45, 7) is 0. The molecular weight excluding hydrogens is 148 g/mol. The second kappa shape index (κ2) is 2.57. The maximum atomic E-state index is 10.8. The van der Waals surface area contributed by atoms with Crippen LogP contribution in [0.5, 0.6) is 0 Å². The predicted octanol–water partition coefficient (Wildman–Crippen LogP) is 0.268. The van der Waals surface area contributed by atoms with Gasteiger partial charge in [0, 0.05) is 6.08 Å². The van der Waals surface area contributed by atoms with Crippen molar-refractivity contribution < 1.29 is 19.8 Å². The van der Waals surface area contributed by atoms with Gasteiger partial charge >= 0.3 is 5.97 Å². The van der Waals surface area contributed by atoms with Gasteiger partial charge in [0.05, 0.1) is 0 Å². The first-order chi connectivity index (χ1) is 5.11. The molecule has 0 saturated carbocycles. The smallest absolute Gasteiger partial charge is 0.318 e. The highest BCUT2D eigenvalue weighted by molar-refractivity contribution is 6.07. The van der Waals surface area contributed by atoms with E-state index in [0.29, 0.717) is 0 Å². The van der Waals surface area contributed by atoms with Gasteiger partial charge in [-0.15, -0.1) is 0 Å². The van der Waals surface area contributed by atoms with E-state index in [4.69, 9.17) is 10.2 Å². The molecule has 1 rings (SSSR count). The Morgan fingerprint density at radius 1 is 1.55 bits per heavy atom. The van der Waals surface area contributed by atoms with Crippen molar-refractivity contribution in [2.45, 2.75) is 0 Å². The molecular formula is C7H6O4. The van der Waals surface area contributed by atoms with Crippen LogP contribution in [0.25, 0.3) is 0 Å². The summed E-state index contributed by atoms with van der Waals surface area (Å²) in [4.78, 5) is 21.1. The van der Waals surface area contributed by atoms with Gasteiger partial charge in [-0.25, -0.2) is 0 Å². The number of carbonyl (C=O) groups is 2. The van der Waals surface area contributed by atoms with Gasteiger partial charge in [-0.2, -0.15) is 0 Å². The van der Waals surface area contributed by atoms with Crippen LogP contribution in [0.2, 0.25) is 0 Å². The summed E-state index contributed by atoms with van der Waals surface area (Å²) in [7, 11) is 0. The van der Waals surface area contributed by atoms with Crippen molar-refractivity contribution in [3.05, 3.63) is 24.0 Å². The number of hydrogen-bond acceptors (Lipinski definition) is 3. The zero-order valence-electron chi connectivity index (χ0n) is 5.52. The second-order valence-electron chi connectivity index (χ2n) is 2.15. The van der Waals surface area contributed by atoms with Crippen molar-refractivity contribution in [1.82, 2.24) is 0 Å². The average Bonchev–Trinajstić information content (AvgIpc) is 1.85. The summed E-state index contributed by atoms with van der Waals surface area (Å²) in [6.07, 6.45) is 3.25. The van der Waals surface area contributed by atoms with Gasteiger partial charge in [0.15, 0.2) is 5.78 Å². The van der Waals surface area contributed by atoms with Crippen LogP contribution >= 0.6 is 0 Å². The Morgan fingerprint density at radius 3 is 2.64 bits per heavy atom. The van der Waals surface area contributed by atoms with Crippen molar-refractivity contribution in [2.24, 2.45) is 5.92 Å². The number of aliphatic hydroxyl groups is 1. The van der Waals surface area contributed by atoms with Gasteiger partial charge in [0.2, 0.25) is 0 Å². The molecule has 58 valence electrons. The Balaban J connectivity index is 2.86. The standard InChI is InChI=1S/C7H6O4/c8-4-1-2-5(7(10)11)6(9)3-4/h1-3,5,8H,(H,10,11). The molecule has 0 amide bonds. The van der Waals surface area contributed by atoms with E-state index in [-0.39, 0.29) is 5.76 Å². The third-order valence-electron chi connectivity index (χ3n) is 1.32. The van der Waals surface area contributed by atoms with Crippen molar-refractivity contribution in [1.29, 1.82) is 0 Å². The van der Waals surface area contributed by atoms with Gasteiger partial charge in [-0.05, 0) is 6.08 Å². The SMILES string of the molecule is O=C(O)C1C=CC(O)=CC1=O. The van der Waals surface area contributed by atoms with Crippen LogP contribution in [-0.4, -0.2) is 22.0 Å². The first-order valence-electron chi connectivity index (χ1n) is 2.97. The number of allylic oxidation sites excluding steroid dienone is 2. The minimum absolute atomic E-state index is 0.201. The van der Waals surface area contributed by atoms with E-state index in [1.54, 1.807) is 0 Å². The number of rotatable bonds is 1. The molecule has 0 heterocycles. The summed E-state index contributed by atoms with van der Waals surface area (Å²) in [5.41, 5.74) is 0. The van der Waals surface area contributed by atoms with Gasteiger partial charge < -0.3 is 10.2 Å². The first kappa shape index (κ1) is 7.53. The molecule has 0 radical (unpaired) electrons. The second-order valence-corrected chi connectivity index (χ2v) is 2.15. The molecule has 2 N–H and O–H groups in total. The third kappa shape index (κ3) is 1.46. The molecule has 4 heteroatoms. The number of aliphatic hydroxyl groups excluding tert-OH is 1. The predicted molar refractivity (Wildman–Crippen MR) is 36.0 cm³/mol. The third-order valence-corrected chi connectivity index (χ3v) is 1.32. The summed E-state index contributed by atoms with van der Waals surface area (Å²) >= 11 is 0. The van der Waals surface area contributed by atoms with Crippen LogP contribution in [0.3, 0.4) is 0 Å². The van der Waals surface area contributed by atoms with Crippen LogP contribution in [-0.2, 0) is 9.59 Å². The lowest BCUT2D eigenvalue weighted by atomic mass is 9.99. The highest BCUT2D eigenvalue weighted by Crippen LogP contribution is 2.11. The first-order valence-corrected chi connectivity index (χ1v) is 2.97. The van der Waals surface area contributed by atoms with Gasteiger partial charge in [0.1, 0.15) is 11.7 Å². The molecule has 0 spiro atoms. The minimum Gasteiger partial charge on any atom is -0.508 e. The maximum absolute atomic E-state index is 10.8. The number of aliphatic carboxylic acids is 1. The molecule has 4 nitrogen and oxygen atoms in total. The summed E-state index contributed by atoms with van der Waals surface area (Å²) in [5, 5.41) is 17.2. The molecule has 1 unspecified atom stereocenters. The number of ketones is 1. The molecule has 0 saturated heterocycles. The summed E-state index contributed by atoms with van der Waals surface area (Å²) in [5.74, 6) is -3.13. The topological polar surface area (TPSA) is 74.6 Å². The average molecular weight is 154 g/mol. The Bertz CT molecular complexity index is 262. The lowest BCUT2D eigenvalue weighted by Gasteiger charge is -2.06. The monoisotopic (exact) mass is 154 g/mol. The Hall–Kier alpha value is -1.58. The number of hydrogen-bond donors (Lipinski definition) is 2. The lowest BCUT2D eigenvalue weighted by molar-refractivity contribution is -0.143. The molecule has 1 aliphatic carbocycles. The molecule has 1 aliphatic rings. The van der Waals surface area contributed by atoms with E-state index in [1.165, 1.54) is 6.08 Å². The molecule has 0 aliphatic heterocycles. The number of carboxylic acid groups (broad SMARTS) is 1. The van der Waals surface area contributed by atoms with Gasteiger partial charge in [-0.3, -0.25) is 9.59 Å². The van der Waals surface area contributed by atoms with Crippen molar-refractivity contribution in [3.63, 3.8) is 0 Å². The van der Waals surface area contributed by atoms with Crippen LogP contribution in [0.4, 0.5) is 0 Å². The molecule has 0 aromatic rings. The molecule has 0 aromatic heterocycles. The normalized spacial score (nSPS) is 23.1. The zero-order chi connectivity index (χ0) is 8.43. The quantitative estimate of drug-likeness (QED) is 0.531. The largest absolute Gasteiger partial charge is 0.508 e. The van der Waals surface area contributed by atoms with E-state index in [1.807, 2.05) is 0 Å². The molecule has 1 atom stereocenters. The number of carbonyl (C=O) groups excluding carboxylic acids is 1. The number of carboxylic acids is 1.